The highest BCUT2D eigenvalue weighted by molar-refractivity contribution is 4.78. The average Bonchev–Trinajstić information content (AvgIpc) is 2.17. The van der Waals surface area contributed by atoms with Crippen molar-refractivity contribution in [3.63, 3.8) is 0 Å². The van der Waals surface area contributed by atoms with Gasteiger partial charge in [-0.2, -0.15) is 0 Å². The van der Waals surface area contributed by atoms with Crippen molar-refractivity contribution < 1.29 is 4.74 Å². The molecule has 0 fully saturated rings. The van der Waals surface area contributed by atoms with Gasteiger partial charge in [-0.05, 0) is 20.0 Å². The van der Waals surface area contributed by atoms with E-state index >= 15 is 0 Å². The summed E-state index contributed by atoms with van der Waals surface area (Å²) in [6, 6.07) is 0.435. The molecule has 84 valence electrons. The van der Waals surface area contributed by atoms with Crippen LogP contribution in [-0.2, 0) is 4.74 Å². The summed E-state index contributed by atoms with van der Waals surface area (Å²) >= 11 is 0. The third kappa shape index (κ3) is 6.13. The van der Waals surface area contributed by atoms with Gasteiger partial charge in [0.2, 0.25) is 0 Å². The largest absolute Gasteiger partial charge is 0.383 e. The van der Waals surface area contributed by atoms with E-state index in [-0.39, 0.29) is 0 Å². The van der Waals surface area contributed by atoms with Gasteiger partial charge in [0.15, 0.2) is 0 Å². The fourth-order valence-electron chi connectivity index (χ4n) is 1.33. The maximum Gasteiger partial charge on any atom is 0.0630 e. The van der Waals surface area contributed by atoms with Crippen molar-refractivity contribution in [3.8, 4) is 0 Å². The summed E-state index contributed by atoms with van der Waals surface area (Å²) in [5.74, 6) is 0. The Hall–Kier alpha value is -0.380. The van der Waals surface area contributed by atoms with Crippen LogP contribution in [0, 0.1) is 0 Å². The van der Waals surface area contributed by atoms with Gasteiger partial charge in [-0.15, -0.1) is 6.58 Å². The first kappa shape index (κ1) is 13.6. The van der Waals surface area contributed by atoms with E-state index in [1.807, 2.05) is 6.08 Å². The molecule has 3 nitrogen and oxygen atoms in total. The second-order valence-electron chi connectivity index (χ2n) is 3.54. The standard InChI is InChI=1S/C11H24N2O/c1-5-7-12-9-11(10-14-4)13(3)8-6-2/h6,11-12H,2,5,7-10H2,1,3-4H3. The van der Waals surface area contributed by atoms with Gasteiger partial charge >= 0.3 is 0 Å². The molecule has 14 heavy (non-hydrogen) atoms. The number of likely N-dealkylation sites (N-methyl/N-ethyl adjacent to an activating group) is 1. The lowest BCUT2D eigenvalue weighted by atomic mass is 10.2. The predicted molar refractivity (Wildman–Crippen MR) is 61.7 cm³/mol. The van der Waals surface area contributed by atoms with Crippen LogP contribution in [0.1, 0.15) is 13.3 Å². The third-order valence-corrected chi connectivity index (χ3v) is 2.21. The van der Waals surface area contributed by atoms with Gasteiger partial charge < -0.3 is 10.1 Å². The van der Waals surface area contributed by atoms with Gasteiger partial charge in [0, 0.05) is 26.2 Å². The fourth-order valence-corrected chi connectivity index (χ4v) is 1.33. The van der Waals surface area contributed by atoms with Gasteiger partial charge in [-0.1, -0.05) is 13.0 Å². The minimum Gasteiger partial charge on any atom is -0.383 e. The van der Waals surface area contributed by atoms with Crippen LogP contribution < -0.4 is 5.32 Å². The van der Waals surface area contributed by atoms with Crippen molar-refractivity contribution in [1.82, 2.24) is 10.2 Å². The van der Waals surface area contributed by atoms with Crippen molar-refractivity contribution in [2.24, 2.45) is 0 Å². The van der Waals surface area contributed by atoms with Crippen LogP contribution in [0.5, 0.6) is 0 Å². The summed E-state index contributed by atoms with van der Waals surface area (Å²) < 4.78 is 5.19. The second-order valence-corrected chi connectivity index (χ2v) is 3.54. The van der Waals surface area contributed by atoms with Crippen LogP contribution >= 0.6 is 0 Å². The van der Waals surface area contributed by atoms with Gasteiger partial charge in [0.05, 0.1) is 6.61 Å². The number of methoxy groups -OCH3 is 1. The molecule has 3 heteroatoms. The number of hydrogen-bond acceptors (Lipinski definition) is 3. The lowest BCUT2D eigenvalue weighted by Gasteiger charge is -2.26. The van der Waals surface area contributed by atoms with Gasteiger partial charge in [-0.25, -0.2) is 0 Å². The number of hydrogen-bond donors (Lipinski definition) is 1. The molecule has 0 rings (SSSR count). The van der Waals surface area contributed by atoms with Gasteiger partial charge in [0.25, 0.3) is 0 Å². The third-order valence-electron chi connectivity index (χ3n) is 2.21. The Balaban J connectivity index is 3.80. The van der Waals surface area contributed by atoms with E-state index in [2.05, 4.69) is 30.8 Å². The molecular weight excluding hydrogens is 176 g/mol. The Morgan fingerprint density at radius 2 is 2.29 bits per heavy atom. The summed E-state index contributed by atoms with van der Waals surface area (Å²) in [6.45, 7) is 9.63. The first-order valence-electron chi connectivity index (χ1n) is 5.27. The number of nitrogens with one attached hydrogen (secondary N) is 1. The molecule has 0 aliphatic heterocycles. The normalized spacial score (nSPS) is 13.1. The maximum absolute atomic E-state index is 5.19. The Kier molecular flexibility index (Phi) is 8.94. The second kappa shape index (κ2) is 9.19. The highest BCUT2D eigenvalue weighted by Crippen LogP contribution is 1.96. The van der Waals surface area contributed by atoms with Crippen LogP contribution in [0.25, 0.3) is 0 Å². The Labute approximate surface area is 88.1 Å². The van der Waals surface area contributed by atoms with Crippen molar-refractivity contribution in [1.29, 1.82) is 0 Å². The molecule has 0 heterocycles. The van der Waals surface area contributed by atoms with Gasteiger partial charge in [0.1, 0.15) is 0 Å². The molecule has 0 aliphatic carbocycles. The highest BCUT2D eigenvalue weighted by atomic mass is 16.5. The van der Waals surface area contributed by atoms with E-state index in [1.165, 1.54) is 6.42 Å². The zero-order valence-electron chi connectivity index (χ0n) is 9.75. The minimum atomic E-state index is 0.435. The molecular formula is C11H24N2O. The summed E-state index contributed by atoms with van der Waals surface area (Å²) in [4.78, 5) is 2.25. The van der Waals surface area contributed by atoms with Crippen molar-refractivity contribution >= 4 is 0 Å². The molecule has 0 aromatic rings. The molecule has 1 N–H and O–H groups in total. The number of nitrogens with zero attached hydrogens (tertiary/aromatic N) is 1. The predicted octanol–water partition coefficient (Wildman–Crippen LogP) is 1.12. The minimum absolute atomic E-state index is 0.435. The van der Waals surface area contributed by atoms with Crippen LogP contribution in [0.3, 0.4) is 0 Å². The summed E-state index contributed by atoms with van der Waals surface area (Å²) in [5.41, 5.74) is 0. The molecule has 0 aliphatic rings. The van der Waals surface area contributed by atoms with E-state index in [9.17, 15) is 0 Å². The fraction of sp³-hybridized carbons (Fsp3) is 0.818. The summed E-state index contributed by atoms with van der Waals surface area (Å²) in [6.07, 6.45) is 3.09. The molecule has 0 bridgehead atoms. The lowest BCUT2D eigenvalue weighted by Crippen LogP contribution is -2.43. The lowest BCUT2D eigenvalue weighted by molar-refractivity contribution is 0.112. The quantitative estimate of drug-likeness (QED) is 0.446. The van der Waals surface area contributed by atoms with E-state index in [0.29, 0.717) is 6.04 Å². The monoisotopic (exact) mass is 200 g/mol. The zero-order chi connectivity index (χ0) is 10.8. The van der Waals surface area contributed by atoms with Crippen LogP contribution in [0.15, 0.2) is 12.7 Å². The molecule has 0 aromatic heterocycles. The zero-order valence-corrected chi connectivity index (χ0v) is 9.75. The van der Waals surface area contributed by atoms with E-state index in [0.717, 1.165) is 26.2 Å². The molecule has 0 radical (unpaired) electrons. The molecule has 0 aromatic carbocycles. The smallest absolute Gasteiger partial charge is 0.0630 e. The molecule has 0 amide bonds. The van der Waals surface area contributed by atoms with Crippen LogP contribution in [0.4, 0.5) is 0 Å². The van der Waals surface area contributed by atoms with E-state index in [1.54, 1.807) is 7.11 Å². The Morgan fingerprint density at radius 1 is 1.57 bits per heavy atom. The van der Waals surface area contributed by atoms with Crippen molar-refractivity contribution in [2.75, 3.05) is 40.4 Å². The molecule has 1 unspecified atom stereocenters. The SMILES string of the molecule is C=CCN(C)C(CNCCC)COC. The molecule has 0 spiro atoms. The molecule has 1 atom stereocenters. The summed E-state index contributed by atoms with van der Waals surface area (Å²) in [5, 5.41) is 3.40. The van der Waals surface area contributed by atoms with Gasteiger partial charge in [-0.3, -0.25) is 4.90 Å². The van der Waals surface area contributed by atoms with Crippen LogP contribution in [0.2, 0.25) is 0 Å². The van der Waals surface area contributed by atoms with E-state index < -0.39 is 0 Å². The maximum atomic E-state index is 5.19. The van der Waals surface area contributed by atoms with Crippen molar-refractivity contribution in [2.45, 2.75) is 19.4 Å². The first-order valence-corrected chi connectivity index (χ1v) is 5.27. The van der Waals surface area contributed by atoms with E-state index in [4.69, 9.17) is 4.74 Å². The average molecular weight is 200 g/mol. The Morgan fingerprint density at radius 3 is 2.79 bits per heavy atom. The topological polar surface area (TPSA) is 24.5 Å². The number of rotatable bonds is 9. The summed E-state index contributed by atoms with van der Waals surface area (Å²) in [7, 11) is 3.84. The first-order chi connectivity index (χ1) is 6.76. The van der Waals surface area contributed by atoms with Crippen molar-refractivity contribution in [3.05, 3.63) is 12.7 Å². The van der Waals surface area contributed by atoms with Crippen LogP contribution in [-0.4, -0.2) is 51.3 Å². The Bertz CT molecular complexity index is 139. The number of ether oxygens (including phenoxy) is 1. The molecule has 0 saturated heterocycles. The molecule has 0 saturated carbocycles. The highest BCUT2D eigenvalue weighted by Gasteiger charge is 2.12.